The molecule has 0 heterocycles. The molecule has 0 saturated heterocycles. The van der Waals surface area contributed by atoms with Crippen LogP contribution in [0.1, 0.15) is 24.8 Å². The van der Waals surface area contributed by atoms with Crippen molar-refractivity contribution in [3.63, 3.8) is 0 Å². The zero-order chi connectivity index (χ0) is 15.0. The Hall–Kier alpha value is -2.04. The first-order valence-corrected chi connectivity index (χ1v) is 7.44. The molecule has 112 valence electrons. The van der Waals surface area contributed by atoms with E-state index < -0.39 is 5.91 Å². The topological polar surface area (TPSA) is 89.4 Å². The number of nitrogen functional groups attached to an aromatic ring is 1. The van der Waals surface area contributed by atoms with Crippen LogP contribution in [-0.4, -0.2) is 23.3 Å². The summed E-state index contributed by atoms with van der Waals surface area (Å²) in [6.07, 6.45) is 3.22. The highest BCUT2D eigenvalue weighted by Crippen LogP contribution is 2.54. The number of carbonyl (C=O) groups is 2. The largest absolute Gasteiger partial charge is 0.399 e. The van der Waals surface area contributed by atoms with Crippen LogP contribution in [0.15, 0.2) is 24.3 Å². The molecule has 2 saturated carbocycles. The highest BCUT2D eigenvalue weighted by atomic mass is 16.2. The molecule has 0 radical (unpaired) electrons. The van der Waals surface area contributed by atoms with Gasteiger partial charge in [0, 0.05) is 18.2 Å². The molecule has 1 aromatic rings. The molecule has 5 heteroatoms. The Balaban J connectivity index is 1.69. The van der Waals surface area contributed by atoms with Crippen LogP contribution in [0.4, 0.5) is 5.69 Å². The lowest BCUT2D eigenvalue weighted by Gasteiger charge is -2.25. The highest BCUT2D eigenvalue weighted by Gasteiger charge is 2.48. The lowest BCUT2D eigenvalue weighted by molar-refractivity contribution is -0.139. The van der Waals surface area contributed by atoms with Crippen LogP contribution in [-0.2, 0) is 16.1 Å². The minimum atomic E-state index is -0.470. The van der Waals surface area contributed by atoms with Crippen LogP contribution in [0.5, 0.6) is 0 Å². The van der Waals surface area contributed by atoms with E-state index in [1.165, 1.54) is 6.42 Å². The van der Waals surface area contributed by atoms with Gasteiger partial charge in [-0.15, -0.1) is 0 Å². The van der Waals surface area contributed by atoms with E-state index in [1.54, 1.807) is 17.0 Å². The molecule has 0 bridgehead atoms. The molecule has 0 spiro atoms. The Morgan fingerprint density at radius 2 is 1.71 bits per heavy atom. The van der Waals surface area contributed by atoms with Crippen molar-refractivity contribution in [1.29, 1.82) is 0 Å². The van der Waals surface area contributed by atoms with Gasteiger partial charge >= 0.3 is 0 Å². The second-order valence-electron chi connectivity index (χ2n) is 6.33. The van der Waals surface area contributed by atoms with Crippen molar-refractivity contribution in [2.75, 3.05) is 12.3 Å². The van der Waals surface area contributed by atoms with Crippen LogP contribution in [0, 0.1) is 17.8 Å². The van der Waals surface area contributed by atoms with Gasteiger partial charge in [-0.3, -0.25) is 9.59 Å². The number of nitrogens with two attached hydrogens (primary N) is 2. The number of anilines is 1. The standard InChI is InChI=1S/C16H21N3O2/c17-14-3-1-10(2-4-14)8-19(9-15(18)20)16(21)13-6-11-5-12(11)7-13/h1-4,11-13H,5-9,17H2,(H2,18,20). The molecule has 2 amide bonds. The van der Waals surface area contributed by atoms with Crippen molar-refractivity contribution in [1.82, 2.24) is 4.90 Å². The summed E-state index contributed by atoms with van der Waals surface area (Å²) in [4.78, 5) is 25.5. The van der Waals surface area contributed by atoms with Crippen molar-refractivity contribution in [3.8, 4) is 0 Å². The van der Waals surface area contributed by atoms with Crippen LogP contribution < -0.4 is 11.5 Å². The van der Waals surface area contributed by atoms with Gasteiger partial charge in [-0.2, -0.15) is 0 Å². The molecule has 2 aliphatic rings. The van der Waals surface area contributed by atoms with Crippen LogP contribution in [0.3, 0.4) is 0 Å². The zero-order valence-corrected chi connectivity index (χ0v) is 12.0. The van der Waals surface area contributed by atoms with Crippen molar-refractivity contribution >= 4 is 17.5 Å². The summed E-state index contributed by atoms with van der Waals surface area (Å²) in [6, 6.07) is 7.35. The summed E-state index contributed by atoms with van der Waals surface area (Å²) < 4.78 is 0. The number of fused-ring (bicyclic) bond motifs is 1. The molecule has 1 aromatic carbocycles. The fraction of sp³-hybridized carbons (Fsp3) is 0.500. The van der Waals surface area contributed by atoms with Crippen molar-refractivity contribution < 1.29 is 9.59 Å². The molecule has 2 unspecified atom stereocenters. The van der Waals surface area contributed by atoms with Gasteiger partial charge < -0.3 is 16.4 Å². The van der Waals surface area contributed by atoms with E-state index in [1.807, 2.05) is 12.1 Å². The fourth-order valence-electron chi connectivity index (χ4n) is 3.42. The Bertz CT molecular complexity index is 545. The Morgan fingerprint density at radius 3 is 2.29 bits per heavy atom. The summed E-state index contributed by atoms with van der Waals surface area (Å²) in [5.41, 5.74) is 12.6. The number of amides is 2. The summed E-state index contributed by atoms with van der Waals surface area (Å²) in [6.45, 7) is 0.392. The molecule has 2 aliphatic carbocycles. The van der Waals surface area contributed by atoms with Crippen LogP contribution >= 0.6 is 0 Å². The maximum absolute atomic E-state index is 12.6. The molecule has 0 aromatic heterocycles. The fourth-order valence-corrected chi connectivity index (χ4v) is 3.42. The van der Waals surface area contributed by atoms with E-state index in [9.17, 15) is 9.59 Å². The van der Waals surface area contributed by atoms with Gasteiger partial charge in [-0.05, 0) is 48.8 Å². The molecule has 2 fully saturated rings. The Kier molecular flexibility index (Phi) is 3.57. The number of carbonyl (C=O) groups excluding carboxylic acids is 2. The van der Waals surface area contributed by atoms with E-state index in [2.05, 4.69) is 0 Å². The average molecular weight is 287 g/mol. The molecule has 2 atom stereocenters. The van der Waals surface area contributed by atoms with Crippen LogP contribution in [0.25, 0.3) is 0 Å². The summed E-state index contributed by atoms with van der Waals surface area (Å²) in [7, 11) is 0. The van der Waals surface area contributed by atoms with Gasteiger partial charge in [0.05, 0.1) is 6.54 Å². The first-order valence-electron chi connectivity index (χ1n) is 7.44. The summed E-state index contributed by atoms with van der Waals surface area (Å²) in [5.74, 6) is 1.15. The lowest BCUT2D eigenvalue weighted by Crippen LogP contribution is -2.41. The second-order valence-corrected chi connectivity index (χ2v) is 6.33. The van der Waals surface area contributed by atoms with E-state index in [0.29, 0.717) is 12.2 Å². The predicted molar refractivity (Wildman–Crippen MR) is 79.8 cm³/mol. The molecular formula is C16H21N3O2. The molecule has 4 N–H and O–H groups in total. The Labute approximate surface area is 124 Å². The quantitative estimate of drug-likeness (QED) is 0.795. The third kappa shape index (κ3) is 3.17. The molecule has 5 nitrogen and oxygen atoms in total. The number of hydrogen-bond acceptors (Lipinski definition) is 3. The number of nitrogens with zero attached hydrogens (tertiary/aromatic N) is 1. The van der Waals surface area contributed by atoms with Gasteiger partial charge in [0.2, 0.25) is 11.8 Å². The lowest BCUT2D eigenvalue weighted by atomic mass is 10.0. The van der Waals surface area contributed by atoms with E-state index in [-0.39, 0.29) is 18.4 Å². The SMILES string of the molecule is NC(=O)CN(Cc1ccc(N)cc1)C(=O)C1CC2CC2C1. The van der Waals surface area contributed by atoms with Gasteiger partial charge in [-0.1, -0.05) is 12.1 Å². The van der Waals surface area contributed by atoms with Crippen molar-refractivity contribution in [2.45, 2.75) is 25.8 Å². The van der Waals surface area contributed by atoms with E-state index in [0.717, 1.165) is 30.2 Å². The molecular weight excluding hydrogens is 266 g/mol. The van der Waals surface area contributed by atoms with Crippen molar-refractivity contribution in [2.24, 2.45) is 23.5 Å². The van der Waals surface area contributed by atoms with E-state index >= 15 is 0 Å². The zero-order valence-electron chi connectivity index (χ0n) is 12.0. The first-order chi connectivity index (χ1) is 10.0. The van der Waals surface area contributed by atoms with Gasteiger partial charge in [0.1, 0.15) is 0 Å². The first kappa shape index (κ1) is 13.9. The Morgan fingerprint density at radius 1 is 1.10 bits per heavy atom. The average Bonchev–Trinajstić information content (AvgIpc) is 3.05. The summed E-state index contributed by atoms with van der Waals surface area (Å²) >= 11 is 0. The second kappa shape index (κ2) is 5.39. The minimum Gasteiger partial charge on any atom is -0.399 e. The molecule has 3 rings (SSSR count). The van der Waals surface area contributed by atoms with Crippen LogP contribution in [0.2, 0.25) is 0 Å². The van der Waals surface area contributed by atoms with Crippen molar-refractivity contribution in [3.05, 3.63) is 29.8 Å². The van der Waals surface area contributed by atoms with Gasteiger partial charge in [0.25, 0.3) is 0 Å². The highest BCUT2D eigenvalue weighted by molar-refractivity contribution is 5.85. The number of primary amides is 1. The van der Waals surface area contributed by atoms with Gasteiger partial charge in [0.15, 0.2) is 0 Å². The number of rotatable bonds is 5. The predicted octanol–water partition coefficient (Wildman–Crippen LogP) is 1.13. The number of hydrogen-bond donors (Lipinski definition) is 2. The van der Waals surface area contributed by atoms with Gasteiger partial charge in [-0.25, -0.2) is 0 Å². The monoisotopic (exact) mass is 287 g/mol. The van der Waals surface area contributed by atoms with E-state index in [4.69, 9.17) is 11.5 Å². The normalized spacial score (nSPS) is 26.2. The third-order valence-corrected chi connectivity index (χ3v) is 4.60. The minimum absolute atomic E-state index is 0.0188. The third-order valence-electron chi connectivity index (χ3n) is 4.60. The molecule has 0 aliphatic heterocycles. The summed E-state index contributed by atoms with van der Waals surface area (Å²) in [5, 5.41) is 0. The maximum atomic E-state index is 12.6. The smallest absolute Gasteiger partial charge is 0.237 e. The molecule has 21 heavy (non-hydrogen) atoms. The number of benzene rings is 1. The maximum Gasteiger partial charge on any atom is 0.237 e.